The first-order valence-corrected chi connectivity index (χ1v) is 7.33. The lowest BCUT2D eigenvalue weighted by Crippen LogP contribution is -2.30. The molecule has 1 heterocycles. The van der Waals surface area contributed by atoms with Crippen molar-refractivity contribution < 1.29 is 14.6 Å². The molecule has 0 saturated heterocycles. The Morgan fingerprint density at radius 1 is 1.53 bits per heavy atom. The van der Waals surface area contributed by atoms with E-state index in [9.17, 15) is 9.90 Å². The number of anilines is 1. The highest BCUT2D eigenvalue weighted by Gasteiger charge is 2.32. The van der Waals surface area contributed by atoms with Crippen LogP contribution in [0, 0.1) is 0 Å². The van der Waals surface area contributed by atoms with Crippen molar-refractivity contribution in [1.29, 1.82) is 0 Å². The summed E-state index contributed by atoms with van der Waals surface area (Å²) in [6, 6.07) is 0. The molecule has 0 aromatic carbocycles. The van der Waals surface area contributed by atoms with Gasteiger partial charge in [0.15, 0.2) is 5.13 Å². The average molecular weight is 286 g/mol. The second-order valence-electron chi connectivity index (χ2n) is 4.72. The highest BCUT2D eigenvalue weighted by atomic mass is 32.1. The minimum absolute atomic E-state index is 0.606. The van der Waals surface area contributed by atoms with Crippen molar-refractivity contribution in [3.63, 3.8) is 0 Å². The van der Waals surface area contributed by atoms with Crippen LogP contribution in [-0.4, -0.2) is 42.4 Å². The summed E-state index contributed by atoms with van der Waals surface area (Å²) in [6.45, 7) is 10.3. The van der Waals surface area contributed by atoms with Gasteiger partial charge in [0.1, 0.15) is 5.41 Å². The van der Waals surface area contributed by atoms with Gasteiger partial charge in [0.25, 0.3) is 0 Å². The Kier molecular flexibility index (Phi) is 5.75. The van der Waals surface area contributed by atoms with Crippen LogP contribution in [0.1, 0.15) is 33.4 Å². The number of ether oxygens (including phenoxy) is 1. The van der Waals surface area contributed by atoms with E-state index in [0.29, 0.717) is 18.9 Å². The molecule has 0 unspecified atom stereocenters. The van der Waals surface area contributed by atoms with Crippen molar-refractivity contribution >= 4 is 22.4 Å². The van der Waals surface area contributed by atoms with Crippen LogP contribution in [0.2, 0.25) is 0 Å². The lowest BCUT2D eigenvalue weighted by atomic mass is 9.90. The fourth-order valence-electron chi connectivity index (χ4n) is 1.51. The van der Waals surface area contributed by atoms with Gasteiger partial charge in [0.05, 0.1) is 12.3 Å². The Bertz CT molecular complexity index is 418. The van der Waals surface area contributed by atoms with E-state index < -0.39 is 11.4 Å². The van der Waals surface area contributed by atoms with Gasteiger partial charge in [-0.2, -0.15) is 0 Å². The van der Waals surface area contributed by atoms with E-state index in [1.807, 2.05) is 12.3 Å². The van der Waals surface area contributed by atoms with E-state index >= 15 is 0 Å². The molecule has 1 rings (SSSR count). The molecule has 0 saturated carbocycles. The standard InChI is InChI=1S/C13H22N2O3S/c1-5-15(7-8-18-6-2)12-14-10(9-19-12)13(3,4)11(16)17/h9H,5-8H2,1-4H3,(H,16,17). The van der Waals surface area contributed by atoms with E-state index in [2.05, 4.69) is 16.8 Å². The Balaban J connectivity index is 2.79. The highest BCUT2D eigenvalue weighted by Crippen LogP contribution is 2.29. The molecule has 1 N–H and O–H groups in total. The van der Waals surface area contributed by atoms with Gasteiger partial charge in [-0.1, -0.05) is 0 Å². The van der Waals surface area contributed by atoms with Gasteiger partial charge in [-0.25, -0.2) is 4.98 Å². The maximum atomic E-state index is 11.2. The molecular formula is C13H22N2O3S. The number of hydrogen-bond donors (Lipinski definition) is 1. The van der Waals surface area contributed by atoms with Gasteiger partial charge in [0, 0.05) is 25.1 Å². The van der Waals surface area contributed by atoms with E-state index in [4.69, 9.17) is 4.74 Å². The predicted molar refractivity (Wildman–Crippen MR) is 77.2 cm³/mol. The summed E-state index contributed by atoms with van der Waals surface area (Å²) in [5.74, 6) is -0.860. The lowest BCUT2D eigenvalue weighted by molar-refractivity contribution is -0.142. The summed E-state index contributed by atoms with van der Waals surface area (Å²) in [5.41, 5.74) is -0.344. The zero-order chi connectivity index (χ0) is 14.5. The fourth-order valence-corrected chi connectivity index (χ4v) is 2.60. The molecule has 0 aliphatic carbocycles. The molecule has 0 atom stereocenters. The number of carboxylic acid groups (broad SMARTS) is 1. The molecule has 5 nitrogen and oxygen atoms in total. The van der Waals surface area contributed by atoms with Gasteiger partial charge < -0.3 is 14.7 Å². The fraction of sp³-hybridized carbons (Fsp3) is 0.692. The zero-order valence-electron chi connectivity index (χ0n) is 12.0. The number of nitrogens with zero attached hydrogens (tertiary/aromatic N) is 2. The van der Waals surface area contributed by atoms with Gasteiger partial charge in [-0.15, -0.1) is 11.3 Å². The molecule has 1 aromatic rings. The van der Waals surface area contributed by atoms with Gasteiger partial charge >= 0.3 is 5.97 Å². The monoisotopic (exact) mass is 286 g/mol. The third-order valence-electron chi connectivity index (χ3n) is 3.03. The van der Waals surface area contributed by atoms with Crippen LogP contribution < -0.4 is 4.90 Å². The molecule has 0 aliphatic rings. The molecule has 19 heavy (non-hydrogen) atoms. The second kappa shape index (κ2) is 6.86. The Morgan fingerprint density at radius 2 is 2.21 bits per heavy atom. The molecule has 0 amide bonds. The number of likely N-dealkylation sites (N-methyl/N-ethyl adjacent to an activating group) is 1. The molecule has 0 radical (unpaired) electrons. The van der Waals surface area contributed by atoms with Gasteiger partial charge in [0.2, 0.25) is 0 Å². The SMILES string of the molecule is CCOCCN(CC)c1nc(C(C)(C)C(=O)O)cs1. The maximum absolute atomic E-state index is 11.2. The minimum Gasteiger partial charge on any atom is -0.481 e. The van der Waals surface area contributed by atoms with Crippen LogP contribution in [0.5, 0.6) is 0 Å². The molecule has 0 aliphatic heterocycles. The molecule has 0 fully saturated rings. The lowest BCUT2D eigenvalue weighted by Gasteiger charge is -2.20. The summed E-state index contributed by atoms with van der Waals surface area (Å²) in [7, 11) is 0. The number of hydrogen-bond acceptors (Lipinski definition) is 5. The van der Waals surface area contributed by atoms with Crippen molar-refractivity contribution in [3.8, 4) is 0 Å². The van der Waals surface area contributed by atoms with Crippen molar-refractivity contribution in [2.24, 2.45) is 0 Å². The summed E-state index contributed by atoms with van der Waals surface area (Å²) in [4.78, 5) is 17.8. The Morgan fingerprint density at radius 3 is 2.74 bits per heavy atom. The smallest absolute Gasteiger partial charge is 0.315 e. The van der Waals surface area contributed by atoms with E-state index in [1.165, 1.54) is 11.3 Å². The van der Waals surface area contributed by atoms with Crippen LogP contribution in [-0.2, 0) is 14.9 Å². The second-order valence-corrected chi connectivity index (χ2v) is 5.56. The largest absolute Gasteiger partial charge is 0.481 e. The van der Waals surface area contributed by atoms with Gasteiger partial charge in [-0.05, 0) is 27.7 Å². The number of aliphatic carboxylic acids is 1. The molecule has 1 aromatic heterocycles. The quantitative estimate of drug-likeness (QED) is 0.743. The third kappa shape index (κ3) is 3.91. The minimum atomic E-state index is -0.950. The van der Waals surface area contributed by atoms with Crippen molar-refractivity contribution in [1.82, 2.24) is 4.98 Å². The number of carbonyl (C=O) groups is 1. The van der Waals surface area contributed by atoms with Crippen LogP contribution in [0.15, 0.2) is 5.38 Å². The number of thiazole rings is 1. The molecule has 6 heteroatoms. The van der Waals surface area contributed by atoms with E-state index in [-0.39, 0.29) is 0 Å². The van der Waals surface area contributed by atoms with Crippen molar-refractivity contribution in [2.45, 2.75) is 33.1 Å². The summed E-state index contributed by atoms with van der Waals surface area (Å²) in [5, 5.41) is 11.9. The summed E-state index contributed by atoms with van der Waals surface area (Å²) >= 11 is 1.48. The van der Waals surface area contributed by atoms with Crippen LogP contribution >= 0.6 is 11.3 Å². The molecular weight excluding hydrogens is 264 g/mol. The number of rotatable bonds is 8. The van der Waals surface area contributed by atoms with Crippen molar-refractivity contribution in [3.05, 3.63) is 11.1 Å². The van der Waals surface area contributed by atoms with Gasteiger partial charge in [-0.3, -0.25) is 4.79 Å². The first-order valence-electron chi connectivity index (χ1n) is 6.45. The number of aromatic nitrogens is 1. The summed E-state index contributed by atoms with van der Waals surface area (Å²) < 4.78 is 5.34. The van der Waals surface area contributed by atoms with E-state index in [0.717, 1.165) is 18.2 Å². The topological polar surface area (TPSA) is 62.7 Å². The molecule has 0 spiro atoms. The third-order valence-corrected chi connectivity index (χ3v) is 3.93. The summed E-state index contributed by atoms with van der Waals surface area (Å²) in [6.07, 6.45) is 0. The first kappa shape index (κ1) is 15.9. The average Bonchev–Trinajstić information content (AvgIpc) is 2.84. The molecule has 108 valence electrons. The predicted octanol–water partition coefficient (Wildman–Crippen LogP) is 2.37. The van der Waals surface area contributed by atoms with Crippen LogP contribution in [0.25, 0.3) is 0 Å². The Hall–Kier alpha value is -1.14. The zero-order valence-corrected chi connectivity index (χ0v) is 12.8. The first-order chi connectivity index (χ1) is 8.93. The maximum Gasteiger partial charge on any atom is 0.315 e. The normalized spacial score (nSPS) is 11.6. The number of carboxylic acids is 1. The highest BCUT2D eigenvalue weighted by molar-refractivity contribution is 7.13. The molecule has 0 bridgehead atoms. The van der Waals surface area contributed by atoms with Crippen LogP contribution in [0.4, 0.5) is 5.13 Å². The van der Waals surface area contributed by atoms with Crippen LogP contribution in [0.3, 0.4) is 0 Å². The Labute approximate surface area is 118 Å². The van der Waals surface area contributed by atoms with E-state index in [1.54, 1.807) is 13.8 Å². The van der Waals surface area contributed by atoms with Crippen molar-refractivity contribution in [2.75, 3.05) is 31.2 Å².